The molecule has 112 valence electrons. The van der Waals surface area contributed by atoms with Gasteiger partial charge in [0.2, 0.25) is 0 Å². The molecule has 0 fully saturated rings. The predicted octanol–water partition coefficient (Wildman–Crippen LogP) is 3.25. The summed E-state index contributed by atoms with van der Waals surface area (Å²) in [6.45, 7) is 0.751. The number of carbonyl (C=O) groups excluding carboxylic acids is 1. The molecule has 1 amide bonds. The van der Waals surface area contributed by atoms with Crippen molar-refractivity contribution in [2.75, 3.05) is 13.6 Å². The average Bonchev–Trinajstić information content (AvgIpc) is 2.58. The van der Waals surface area contributed by atoms with Gasteiger partial charge in [-0.3, -0.25) is 4.79 Å². The Bertz CT molecular complexity index is 662. The maximum absolute atomic E-state index is 12.4. The van der Waals surface area contributed by atoms with E-state index in [0.717, 1.165) is 11.3 Å². The first-order valence-electron chi connectivity index (χ1n) is 7.10. The second kappa shape index (κ2) is 7.84. The summed E-state index contributed by atoms with van der Waals surface area (Å²) in [5.41, 5.74) is 1.44. The Kier molecular flexibility index (Phi) is 5.56. The Morgan fingerprint density at radius 3 is 2.55 bits per heavy atom. The van der Waals surface area contributed by atoms with Crippen LogP contribution in [0.4, 0.5) is 0 Å². The molecule has 0 spiro atoms. The fraction of sp³-hybridized carbons (Fsp3) is 0.222. The molecule has 0 atom stereocenters. The molecule has 2 aromatic rings. The van der Waals surface area contributed by atoms with Crippen molar-refractivity contribution in [3.8, 4) is 11.8 Å². The normalized spacial score (nSPS) is 9.82. The molecule has 0 saturated heterocycles. The number of nitriles is 1. The Labute approximate surface area is 130 Å². The van der Waals surface area contributed by atoms with Crippen molar-refractivity contribution in [2.45, 2.75) is 13.0 Å². The number of nitrogens with zero attached hydrogens (tertiary/aromatic N) is 2. The topological polar surface area (TPSA) is 53.3 Å². The van der Waals surface area contributed by atoms with E-state index >= 15 is 0 Å². The van der Waals surface area contributed by atoms with Crippen LogP contribution in [0.3, 0.4) is 0 Å². The van der Waals surface area contributed by atoms with Crippen molar-refractivity contribution in [2.24, 2.45) is 0 Å². The molecule has 2 rings (SSSR count). The van der Waals surface area contributed by atoms with Crippen LogP contribution in [0.5, 0.6) is 5.75 Å². The molecular formula is C18H18N2O2. The summed E-state index contributed by atoms with van der Waals surface area (Å²) >= 11 is 0. The minimum absolute atomic E-state index is 0.0949. The average molecular weight is 294 g/mol. The molecule has 0 aliphatic rings. The third-order valence-corrected chi connectivity index (χ3v) is 3.29. The number of carbonyl (C=O) groups is 1. The molecule has 0 bridgehead atoms. The number of benzene rings is 2. The van der Waals surface area contributed by atoms with E-state index in [1.54, 1.807) is 18.0 Å². The van der Waals surface area contributed by atoms with Gasteiger partial charge < -0.3 is 9.64 Å². The van der Waals surface area contributed by atoms with Crippen LogP contribution in [0, 0.1) is 11.3 Å². The fourth-order valence-electron chi connectivity index (χ4n) is 2.06. The minimum atomic E-state index is -0.0949. The first-order chi connectivity index (χ1) is 10.7. The third kappa shape index (κ3) is 4.10. The van der Waals surface area contributed by atoms with Gasteiger partial charge in [0.05, 0.1) is 12.5 Å². The second-order valence-electron chi connectivity index (χ2n) is 4.89. The summed E-state index contributed by atoms with van der Waals surface area (Å²) in [5, 5.41) is 8.62. The molecule has 0 aromatic heterocycles. The van der Waals surface area contributed by atoms with Crippen LogP contribution in [0.25, 0.3) is 0 Å². The first kappa shape index (κ1) is 15.6. The highest BCUT2D eigenvalue weighted by Gasteiger charge is 2.15. The number of hydrogen-bond acceptors (Lipinski definition) is 3. The molecule has 0 aliphatic heterocycles. The van der Waals surface area contributed by atoms with E-state index in [4.69, 9.17) is 10.00 Å². The van der Waals surface area contributed by atoms with Gasteiger partial charge in [0, 0.05) is 24.7 Å². The highest BCUT2D eigenvalue weighted by Crippen LogP contribution is 2.16. The van der Waals surface area contributed by atoms with Gasteiger partial charge in [-0.25, -0.2) is 0 Å². The van der Waals surface area contributed by atoms with Crippen molar-refractivity contribution in [1.82, 2.24) is 4.90 Å². The van der Waals surface area contributed by atoms with Gasteiger partial charge in [-0.1, -0.05) is 36.4 Å². The summed E-state index contributed by atoms with van der Waals surface area (Å²) < 4.78 is 5.72. The molecule has 22 heavy (non-hydrogen) atoms. The van der Waals surface area contributed by atoms with Crippen molar-refractivity contribution < 1.29 is 9.53 Å². The maximum Gasteiger partial charge on any atom is 0.254 e. The number of rotatable bonds is 6. The van der Waals surface area contributed by atoms with Gasteiger partial charge >= 0.3 is 0 Å². The summed E-state index contributed by atoms with van der Waals surface area (Å²) in [6, 6.07) is 18.9. The molecule has 0 radical (unpaired) electrons. The van der Waals surface area contributed by atoms with Crippen LogP contribution in [-0.4, -0.2) is 24.4 Å². The van der Waals surface area contributed by atoms with Crippen molar-refractivity contribution >= 4 is 5.91 Å². The zero-order valence-corrected chi connectivity index (χ0v) is 12.5. The van der Waals surface area contributed by atoms with Crippen LogP contribution in [-0.2, 0) is 6.61 Å². The summed E-state index contributed by atoms with van der Waals surface area (Å²) in [5.74, 6) is 0.671. The Balaban J connectivity index is 2.09. The Morgan fingerprint density at radius 1 is 1.14 bits per heavy atom. The van der Waals surface area contributed by atoms with E-state index in [2.05, 4.69) is 0 Å². The lowest BCUT2D eigenvalue weighted by Gasteiger charge is -2.18. The van der Waals surface area contributed by atoms with Gasteiger partial charge in [0.1, 0.15) is 12.4 Å². The maximum atomic E-state index is 12.4. The molecule has 0 unspecified atom stereocenters. The van der Waals surface area contributed by atoms with Crippen LogP contribution in [0.1, 0.15) is 22.3 Å². The Morgan fingerprint density at radius 2 is 1.82 bits per heavy atom. The molecule has 2 aromatic carbocycles. The molecule has 0 saturated carbocycles. The van der Waals surface area contributed by atoms with E-state index in [-0.39, 0.29) is 5.91 Å². The lowest BCUT2D eigenvalue weighted by Crippen LogP contribution is -2.28. The molecular weight excluding hydrogens is 276 g/mol. The second-order valence-corrected chi connectivity index (χ2v) is 4.89. The number of ether oxygens (including phenoxy) is 1. The van der Waals surface area contributed by atoms with Gasteiger partial charge in [-0.2, -0.15) is 5.26 Å². The molecule has 4 nitrogen and oxygen atoms in total. The van der Waals surface area contributed by atoms with Crippen LogP contribution in [0.2, 0.25) is 0 Å². The third-order valence-electron chi connectivity index (χ3n) is 3.29. The van der Waals surface area contributed by atoms with Crippen molar-refractivity contribution in [1.29, 1.82) is 5.26 Å². The van der Waals surface area contributed by atoms with Gasteiger partial charge in [0.15, 0.2) is 0 Å². The lowest BCUT2D eigenvalue weighted by molar-refractivity contribution is 0.0795. The fourth-order valence-corrected chi connectivity index (χ4v) is 2.06. The lowest BCUT2D eigenvalue weighted by atomic mass is 10.1. The molecule has 4 heteroatoms. The summed E-state index contributed by atoms with van der Waals surface area (Å²) in [6.07, 6.45) is 0.324. The molecule has 0 N–H and O–H groups in total. The van der Waals surface area contributed by atoms with Crippen molar-refractivity contribution in [3.05, 3.63) is 65.7 Å². The standard InChI is InChI=1S/C18H18N2O2/c1-20(13-7-12-19)18(21)17-11-6-5-8-15(17)14-22-16-9-3-2-4-10-16/h2-6,8-11H,7,13-14H2,1H3. The number of amides is 1. The monoisotopic (exact) mass is 294 g/mol. The van der Waals surface area contributed by atoms with E-state index in [1.807, 2.05) is 54.6 Å². The van der Waals surface area contributed by atoms with E-state index in [0.29, 0.717) is 25.1 Å². The Hall–Kier alpha value is -2.80. The van der Waals surface area contributed by atoms with Crippen LogP contribution in [0.15, 0.2) is 54.6 Å². The van der Waals surface area contributed by atoms with Gasteiger partial charge in [0.25, 0.3) is 5.91 Å². The highest BCUT2D eigenvalue weighted by molar-refractivity contribution is 5.95. The highest BCUT2D eigenvalue weighted by atomic mass is 16.5. The van der Waals surface area contributed by atoms with Gasteiger partial charge in [-0.15, -0.1) is 0 Å². The zero-order valence-electron chi connectivity index (χ0n) is 12.5. The predicted molar refractivity (Wildman–Crippen MR) is 84.4 cm³/mol. The SMILES string of the molecule is CN(CCC#N)C(=O)c1ccccc1COc1ccccc1. The van der Waals surface area contributed by atoms with Crippen LogP contribution < -0.4 is 4.74 Å². The van der Waals surface area contributed by atoms with Gasteiger partial charge in [-0.05, 0) is 18.2 Å². The summed E-state index contributed by atoms with van der Waals surface area (Å²) in [4.78, 5) is 14.0. The van der Waals surface area contributed by atoms with Crippen molar-refractivity contribution in [3.63, 3.8) is 0 Å². The zero-order chi connectivity index (χ0) is 15.8. The number of hydrogen-bond donors (Lipinski definition) is 0. The number of para-hydroxylation sites is 1. The van der Waals surface area contributed by atoms with E-state index < -0.39 is 0 Å². The quantitative estimate of drug-likeness (QED) is 0.821. The largest absolute Gasteiger partial charge is 0.489 e. The van der Waals surface area contributed by atoms with E-state index in [9.17, 15) is 4.79 Å². The van der Waals surface area contributed by atoms with E-state index in [1.165, 1.54) is 0 Å². The molecule has 0 aliphatic carbocycles. The van der Waals surface area contributed by atoms with Crippen LogP contribution >= 0.6 is 0 Å². The smallest absolute Gasteiger partial charge is 0.254 e. The minimum Gasteiger partial charge on any atom is -0.489 e. The summed E-state index contributed by atoms with van der Waals surface area (Å²) in [7, 11) is 1.70. The molecule has 0 heterocycles. The first-order valence-corrected chi connectivity index (χ1v) is 7.10.